The molecular weight excluding hydrogens is 344 g/mol. The van der Waals surface area contributed by atoms with Crippen LogP contribution in [0.5, 0.6) is 0 Å². The van der Waals surface area contributed by atoms with Crippen LogP contribution in [0.25, 0.3) is 0 Å². The number of hydrogen-bond donors (Lipinski definition) is 4. The van der Waals surface area contributed by atoms with Crippen LogP contribution in [-0.2, 0) is 0 Å². The van der Waals surface area contributed by atoms with E-state index in [1.807, 2.05) is 0 Å². The van der Waals surface area contributed by atoms with Crippen molar-refractivity contribution in [2.75, 3.05) is 16.5 Å². The molecule has 1 amide bonds. The Labute approximate surface area is 146 Å². The van der Waals surface area contributed by atoms with E-state index in [0.29, 0.717) is 5.56 Å². The summed E-state index contributed by atoms with van der Waals surface area (Å²) < 4.78 is 26.7. The molecule has 1 aromatic carbocycles. The molecule has 0 atom stereocenters. The highest BCUT2D eigenvalue weighted by atomic mass is 19.1. The van der Waals surface area contributed by atoms with Crippen molar-refractivity contribution >= 4 is 28.9 Å². The second-order valence-corrected chi connectivity index (χ2v) is 5.05. The third-order valence-corrected chi connectivity index (χ3v) is 3.29. The first-order valence-corrected chi connectivity index (χ1v) is 7.33. The normalized spacial score (nSPS) is 10.2. The van der Waals surface area contributed by atoms with Crippen molar-refractivity contribution in [3.8, 4) is 0 Å². The van der Waals surface area contributed by atoms with E-state index in [9.17, 15) is 13.6 Å². The van der Waals surface area contributed by atoms with E-state index < -0.39 is 17.5 Å². The number of hydrogen-bond acceptors (Lipinski definition) is 7. The van der Waals surface area contributed by atoms with E-state index in [2.05, 4.69) is 31.1 Å². The number of carbonyl (C=O) groups is 1. The Bertz CT molecular complexity index is 937. The summed E-state index contributed by atoms with van der Waals surface area (Å²) in [5.74, 6) is -1.77. The summed E-state index contributed by atoms with van der Waals surface area (Å²) in [4.78, 5) is 23.6. The molecule has 0 bridgehead atoms. The van der Waals surface area contributed by atoms with Gasteiger partial charge in [0.05, 0.1) is 11.3 Å². The van der Waals surface area contributed by atoms with Gasteiger partial charge in [-0.05, 0) is 24.3 Å². The molecular formula is C16H13F2N7O. The van der Waals surface area contributed by atoms with Gasteiger partial charge in [0.15, 0.2) is 11.6 Å². The number of rotatable bonds is 5. The average molecular weight is 357 g/mol. The summed E-state index contributed by atoms with van der Waals surface area (Å²) >= 11 is 0. The van der Waals surface area contributed by atoms with Crippen molar-refractivity contribution in [2.45, 2.75) is 0 Å². The van der Waals surface area contributed by atoms with Crippen LogP contribution in [0.2, 0.25) is 0 Å². The van der Waals surface area contributed by atoms with Gasteiger partial charge >= 0.3 is 0 Å². The SMILES string of the molecule is Nc1c(NNC(=O)c2cccnc2)ncnc1Nc1ccc(F)cc1F. The number of nitrogens with one attached hydrogen (secondary N) is 3. The predicted octanol–water partition coefficient (Wildman–Crippen LogP) is 2.23. The number of nitrogens with two attached hydrogens (primary N) is 1. The number of nitrogens with zero attached hydrogens (tertiary/aromatic N) is 3. The maximum atomic E-state index is 13.7. The van der Waals surface area contributed by atoms with Gasteiger partial charge in [-0.3, -0.25) is 20.6 Å². The predicted molar refractivity (Wildman–Crippen MR) is 91.4 cm³/mol. The van der Waals surface area contributed by atoms with Gasteiger partial charge in [0.25, 0.3) is 5.91 Å². The van der Waals surface area contributed by atoms with Crippen LogP contribution in [0, 0.1) is 11.6 Å². The molecule has 2 aromatic heterocycles. The minimum atomic E-state index is -0.803. The van der Waals surface area contributed by atoms with Crippen LogP contribution in [0.1, 0.15) is 10.4 Å². The van der Waals surface area contributed by atoms with Crippen LogP contribution >= 0.6 is 0 Å². The van der Waals surface area contributed by atoms with E-state index >= 15 is 0 Å². The standard InChI is InChI=1S/C16H13F2N7O/c17-10-3-4-12(11(18)6-10)23-14-13(19)15(22-8-21-14)24-25-16(26)9-2-1-5-20-7-9/h1-8H,19H2,(H,25,26)(H2,21,22,23,24). The van der Waals surface area contributed by atoms with Gasteiger partial charge in [0.2, 0.25) is 0 Å². The van der Waals surface area contributed by atoms with Crippen LogP contribution in [0.15, 0.2) is 49.1 Å². The largest absolute Gasteiger partial charge is 0.393 e. The monoisotopic (exact) mass is 357 g/mol. The van der Waals surface area contributed by atoms with Gasteiger partial charge in [0, 0.05) is 18.5 Å². The molecule has 0 fully saturated rings. The highest BCUT2D eigenvalue weighted by Gasteiger charge is 2.12. The number of carbonyl (C=O) groups excluding carboxylic acids is 1. The molecule has 8 nitrogen and oxygen atoms in total. The topological polar surface area (TPSA) is 118 Å². The zero-order valence-electron chi connectivity index (χ0n) is 13.2. The quantitative estimate of drug-likeness (QED) is 0.517. The molecule has 0 aliphatic rings. The Morgan fingerprint density at radius 2 is 1.92 bits per heavy atom. The number of aromatic nitrogens is 3. The molecule has 2 heterocycles. The second-order valence-electron chi connectivity index (χ2n) is 5.05. The Kier molecular flexibility index (Phi) is 4.83. The molecule has 3 rings (SSSR count). The van der Waals surface area contributed by atoms with Crippen molar-refractivity contribution < 1.29 is 13.6 Å². The lowest BCUT2D eigenvalue weighted by Crippen LogP contribution is -2.30. The van der Waals surface area contributed by atoms with Crippen molar-refractivity contribution in [2.24, 2.45) is 0 Å². The lowest BCUT2D eigenvalue weighted by atomic mass is 10.3. The fraction of sp³-hybridized carbons (Fsp3) is 0. The summed E-state index contributed by atoms with van der Waals surface area (Å²) in [6, 6.07) is 6.23. The smallest absolute Gasteiger partial charge is 0.271 e. The molecule has 3 aromatic rings. The maximum absolute atomic E-state index is 13.7. The molecule has 0 unspecified atom stereocenters. The minimum absolute atomic E-state index is 0.0119. The fourth-order valence-corrected chi connectivity index (χ4v) is 2.00. The van der Waals surface area contributed by atoms with E-state index in [1.54, 1.807) is 18.3 Å². The van der Waals surface area contributed by atoms with Crippen LogP contribution in [0.3, 0.4) is 0 Å². The average Bonchev–Trinajstić information content (AvgIpc) is 2.65. The zero-order chi connectivity index (χ0) is 18.5. The third-order valence-electron chi connectivity index (χ3n) is 3.29. The summed E-state index contributed by atoms with van der Waals surface area (Å²) in [5.41, 5.74) is 11.3. The molecule has 0 aliphatic heterocycles. The number of hydrazine groups is 1. The molecule has 0 saturated heterocycles. The first kappa shape index (κ1) is 17.0. The van der Waals surface area contributed by atoms with E-state index in [0.717, 1.165) is 12.1 Å². The maximum Gasteiger partial charge on any atom is 0.271 e. The van der Waals surface area contributed by atoms with Crippen molar-refractivity contribution in [3.05, 3.63) is 66.3 Å². The van der Waals surface area contributed by atoms with Gasteiger partial charge in [-0.2, -0.15) is 0 Å². The Hall–Kier alpha value is -3.82. The van der Waals surface area contributed by atoms with E-state index in [1.165, 1.54) is 18.6 Å². The fourth-order valence-electron chi connectivity index (χ4n) is 2.00. The van der Waals surface area contributed by atoms with Gasteiger partial charge in [0.1, 0.15) is 23.6 Å². The number of halogens is 2. The molecule has 10 heteroatoms. The second kappa shape index (κ2) is 7.38. The summed E-state index contributed by atoms with van der Waals surface area (Å²) in [6.45, 7) is 0. The van der Waals surface area contributed by atoms with Crippen LogP contribution < -0.4 is 21.9 Å². The molecule has 26 heavy (non-hydrogen) atoms. The van der Waals surface area contributed by atoms with E-state index in [4.69, 9.17) is 5.73 Å². The molecule has 0 spiro atoms. The van der Waals surface area contributed by atoms with Gasteiger partial charge in [-0.25, -0.2) is 18.7 Å². The first-order chi connectivity index (χ1) is 12.5. The number of benzene rings is 1. The van der Waals surface area contributed by atoms with Crippen molar-refractivity contribution in [1.29, 1.82) is 0 Å². The van der Waals surface area contributed by atoms with Crippen molar-refractivity contribution in [3.63, 3.8) is 0 Å². The zero-order valence-corrected chi connectivity index (χ0v) is 13.2. The Morgan fingerprint density at radius 3 is 2.65 bits per heavy atom. The summed E-state index contributed by atoms with van der Waals surface area (Å²) in [5, 5.41) is 2.65. The van der Waals surface area contributed by atoms with Crippen LogP contribution in [0.4, 0.5) is 31.8 Å². The molecule has 0 aliphatic carbocycles. The molecule has 0 radical (unpaired) electrons. The first-order valence-electron chi connectivity index (χ1n) is 7.33. The Morgan fingerprint density at radius 1 is 1.12 bits per heavy atom. The van der Waals surface area contributed by atoms with Gasteiger partial charge in [-0.1, -0.05) is 0 Å². The lowest BCUT2D eigenvalue weighted by molar-refractivity contribution is 0.0962. The van der Waals surface area contributed by atoms with Crippen molar-refractivity contribution in [1.82, 2.24) is 20.4 Å². The van der Waals surface area contributed by atoms with Gasteiger partial charge < -0.3 is 11.1 Å². The lowest BCUT2D eigenvalue weighted by Gasteiger charge is -2.13. The minimum Gasteiger partial charge on any atom is -0.393 e. The third kappa shape index (κ3) is 3.80. The number of pyridine rings is 1. The van der Waals surface area contributed by atoms with Crippen LogP contribution in [-0.4, -0.2) is 20.9 Å². The summed E-state index contributed by atoms with van der Waals surface area (Å²) in [6.07, 6.45) is 4.10. The highest BCUT2D eigenvalue weighted by molar-refractivity contribution is 5.94. The van der Waals surface area contributed by atoms with E-state index in [-0.39, 0.29) is 23.0 Å². The number of anilines is 4. The highest BCUT2D eigenvalue weighted by Crippen LogP contribution is 2.26. The number of nitrogen functional groups attached to an aromatic ring is 1. The molecule has 0 saturated carbocycles. The Balaban J connectivity index is 1.74. The summed E-state index contributed by atoms with van der Waals surface area (Å²) in [7, 11) is 0. The van der Waals surface area contributed by atoms with Gasteiger partial charge in [-0.15, -0.1) is 0 Å². The number of amides is 1. The molecule has 5 N–H and O–H groups in total. The molecule has 132 valence electrons.